The molecule has 0 aliphatic heterocycles. The van der Waals surface area contributed by atoms with Gasteiger partial charge in [-0.05, 0) is 39.2 Å². The molecule has 0 unspecified atom stereocenters. The van der Waals surface area contributed by atoms with Crippen molar-refractivity contribution < 1.29 is 9.59 Å². The third-order valence-electron chi connectivity index (χ3n) is 3.54. The molecule has 1 aliphatic rings. The molecule has 0 bridgehead atoms. The van der Waals surface area contributed by atoms with Gasteiger partial charge in [0.15, 0.2) is 0 Å². The van der Waals surface area contributed by atoms with Gasteiger partial charge in [-0.25, -0.2) is 9.97 Å². The Bertz CT molecular complexity index is 749. The van der Waals surface area contributed by atoms with Gasteiger partial charge >= 0.3 is 0 Å². The fourth-order valence-corrected chi connectivity index (χ4v) is 3.49. The number of nitrogens with zero attached hydrogens (tertiary/aromatic N) is 2. The molecule has 0 radical (unpaired) electrons. The minimum atomic E-state index is -0.304. The van der Waals surface area contributed by atoms with Crippen molar-refractivity contribution >= 4 is 33.4 Å². The Morgan fingerprint density at radius 3 is 2.52 bits per heavy atom. The number of hydrazine groups is 1. The van der Waals surface area contributed by atoms with Crippen LogP contribution in [0.3, 0.4) is 0 Å². The van der Waals surface area contributed by atoms with E-state index in [1.54, 1.807) is 0 Å². The number of hydrogen-bond donors (Lipinski definition) is 2. The van der Waals surface area contributed by atoms with Gasteiger partial charge in [-0.1, -0.05) is 0 Å². The van der Waals surface area contributed by atoms with Gasteiger partial charge in [-0.2, -0.15) is 0 Å². The van der Waals surface area contributed by atoms with Crippen molar-refractivity contribution in [2.75, 3.05) is 0 Å². The normalized spacial score (nSPS) is 14.2. The van der Waals surface area contributed by atoms with Crippen molar-refractivity contribution in [2.45, 2.75) is 33.6 Å². The van der Waals surface area contributed by atoms with Crippen molar-refractivity contribution in [3.05, 3.63) is 22.0 Å². The third kappa shape index (κ3) is 2.61. The van der Waals surface area contributed by atoms with Crippen molar-refractivity contribution in [3.8, 4) is 0 Å². The molecular formula is C14H16N4O2S. The fraction of sp³-hybridized carbons (Fsp3) is 0.429. The number of rotatable bonds is 2. The Morgan fingerprint density at radius 1 is 1.14 bits per heavy atom. The van der Waals surface area contributed by atoms with Gasteiger partial charge in [0.05, 0.1) is 4.88 Å². The lowest BCUT2D eigenvalue weighted by Gasteiger charge is -2.05. The average molecular weight is 304 g/mol. The highest BCUT2D eigenvalue weighted by Gasteiger charge is 2.30. The zero-order chi connectivity index (χ0) is 15.1. The van der Waals surface area contributed by atoms with Gasteiger partial charge in [0.25, 0.3) is 5.91 Å². The van der Waals surface area contributed by atoms with E-state index < -0.39 is 0 Å². The molecule has 1 saturated carbocycles. The zero-order valence-electron chi connectivity index (χ0n) is 12.1. The summed E-state index contributed by atoms with van der Waals surface area (Å²) in [7, 11) is 0. The van der Waals surface area contributed by atoms with Crippen LogP contribution < -0.4 is 10.9 Å². The lowest BCUT2D eigenvalue weighted by atomic mass is 10.1. The SMILES string of the molecule is Cc1nc(C)c2c(C)c(C(=O)NNC(=O)C3CC3)sc2n1. The van der Waals surface area contributed by atoms with Crippen LogP contribution in [0.2, 0.25) is 0 Å². The zero-order valence-corrected chi connectivity index (χ0v) is 12.9. The van der Waals surface area contributed by atoms with E-state index in [1.807, 2.05) is 20.8 Å². The van der Waals surface area contributed by atoms with Crippen LogP contribution >= 0.6 is 11.3 Å². The highest BCUT2D eigenvalue weighted by molar-refractivity contribution is 7.20. The van der Waals surface area contributed by atoms with Gasteiger partial charge < -0.3 is 0 Å². The molecule has 21 heavy (non-hydrogen) atoms. The summed E-state index contributed by atoms with van der Waals surface area (Å²) in [6, 6.07) is 0. The first-order chi connectivity index (χ1) is 9.97. The minimum Gasteiger partial charge on any atom is -0.273 e. The molecule has 1 fully saturated rings. The molecule has 0 saturated heterocycles. The number of fused-ring (bicyclic) bond motifs is 1. The first-order valence-electron chi connectivity index (χ1n) is 6.82. The second-order valence-corrected chi connectivity index (χ2v) is 6.31. The maximum absolute atomic E-state index is 12.2. The van der Waals surface area contributed by atoms with Crippen LogP contribution in [-0.4, -0.2) is 21.8 Å². The topological polar surface area (TPSA) is 84.0 Å². The van der Waals surface area contributed by atoms with Gasteiger partial charge in [-0.3, -0.25) is 20.4 Å². The first kappa shape index (κ1) is 13.9. The third-order valence-corrected chi connectivity index (χ3v) is 4.72. The van der Waals surface area contributed by atoms with Crippen LogP contribution in [0.4, 0.5) is 0 Å². The molecule has 2 aromatic heterocycles. The summed E-state index contributed by atoms with van der Waals surface area (Å²) in [4.78, 5) is 33.8. The van der Waals surface area contributed by atoms with Gasteiger partial charge in [-0.15, -0.1) is 11.3 Å². The van der Waals surface area contributed by atoms with Crippen molar-refractivity contribution in [2.24, 2.45) is 5.92 Å². The standard InChI is InChI=1S/C14H16N4O2S/c1-6-10-7(2)15-8(3)16-14(10)21-11(6)13(20)18-17-12(19)9-4-5-9/h9H,4-5H2,1-3H3,(H,17,19)(H,18,20). The number of thiophene rings is 1. The molecule has 0 atom stereocenters. The van der Waals surface area contributed by atoms with Crippen LogP contribution in [0.5, 0.6) is 0 Å². The van der Waals surface area contributed by atoms with Crippen LogP contribution in [0.15, 0.2) is 0 Å². The van der Waals surface area contributed by atoms with Gasteiger partial charge in [0, 0.05) is 17.0 Å². The van der Waals surface area contributed by atoms with E-state index in [0.29, 0.717) is 10.7 Å². The number of hydrogen-bond acceptors (Lipinski definition) is 5. The summed E-state index contributed by atoms with van der Waals surface area (Å²) in [5, 5.41) is 0.921. The van der Waals surface area contributed by atoms with Crippen molar-refractivity contribution in [1.82, 2.24) is 20.8 Å². The Kier molecular flexibility index (Phi) is 3.36. The largest absolute Gasteiger partial charge is 0.280 e. The molecular weight excluding hydrogens is 288 g/mol. The Hall–Kier alpha value is -2.02. The molecule has 7 heteroatoms. The summed E-state index contributed by atoms with van der Waals surface area (Å²) >= 11 is 1.32. The molecule has 6 nitrogen and oxygen atoms in total. The van der Waals surface area contributed by atoms with Gasteiger partial charge in [0.2, 0.25) is 5.91 Å². The molecule has 1 aliphatic carbocycles. The fourth-order valence-electron chi connectivity index (χ4n) is 2.31. The summed E-state index contributed by atoms with van der Waals surface area (Å²) in [6.07, 6.45) is 1.80. The van der Waals surface area contributed by atoms with Gasteiger partial charge in [0.1, 0.15) is 10.7 Å². The number of aromatic nitrogens is 2. The molecule has 0 spiro atoms. The molecule has 0 aromatic carbocycles. The number of carbonyl (C=O) groups excluding carboxylic acids is 2. The number of aryl methyl sites for hydroxylation is 3. The van der Waals surface area contributed by atoms with Crippen LogP contribution in [0.25, 0.3) is 10.2 Å². The monoisotopic (exact) mass is 304 g/mol. The minimum absolute atomic E-state index is 0.0598. The predicted octanol–water partition coefficient (Wildman–Crippen LogP) is 1.79. The van der Waals surface area contributed by atoms with E-state index in [4.69, 9.17) is 0 Å². The van der Waals surface area contributed by atoms with Crippen LogP contribution in [-0.2, 0) is 4.79 Å². The summed E-state index contributed by atoms with van der Waals surface area (Å²) in [5.74, 6) is 0.329. The predicted molar refractivity (Wildman–Crippen MR) is 80.0 cm³/mol. The molecule has 2 N–H and O–H groups in total. The van der Waals surface area contributed by atoms with Crippen molar-refractivity contribution in [3.63, 3.8) is 0 Å². The molecule has 3 rings (SSSR count). The average Bonchev–Trinajstić information content (AvgIpc) is 3.20. The second-order valence-electron chi connectivity index (χ2n) is 5.31. The Labute approximate surface area is 125 Å². The highest BCUT2D eigenvalue weighted by Crippen LogP contribution is 2.31. The van der Waals surface area contributed by atoms with E-state index in [2.05, 4.69) is 20.8 Å². The quantitative estimate of drug-likeness (QED) is 0.828. The summed E-state index contributed by atoms with van der Waals surface area (Å²) in [5.41, 5.74) is 6.67. The van der Waals surface area contributed by atoms with Crippen molar-refractivity contribution in [1.29, 1.82) is 0 Å². The van der Waals surface area contributed by atoms with E-state index in [1.165, 1.54) is 11.3 Å². The molecule has 2 amide bonds. The number of nitrogens with one attached hydrogen (secondary N) is 2. The summed E-state index contributed by atoms with van der Waals surface area (Å²) < 4.78 is 0. The maximum Gasteiger partial charge on any atom is 0.280 e. The maximum atomic E-state index is 12.2. The summed E-state index contributed by atoms with van der Waals surface area (Å²) in [6.45, 7) is 5.62. The Balaban J connectivity index is 1.85. The van der Waals surface area contributed by atoms with E-state index >= 15 is 0 Å². The van der Waals surface area contributed by atoms with E-state index in [0.717, 1.165) is 34.3 Å². The first-order valence-corrected chi connectivity index (χ1v) is 7.63. The van der Waals surface area contributed by atoms with Crippen LogP contribution in [0, 0.1) is 26.7 Å². The highest BCUT2D eigenvalue weighted by atomic mass is 32.1. The smallest absolute Gasteiger partial charge is 0.273 e. The molecule has 110 valence electrons. The number of carbonyl (C=O) groups is 2. The van der Waals surface area contributed by atoms with Crippen LogP contribution in [0.1, 0.15) is 39.6 Å². The lowest BCUT2D eigenvalue weighted by molar-refractivity contribution is -0.123. The Morgan fingerprint density at radius 2 is 1.86 bits per heavy atom. The molecule has 2 aromatic rings. The van der Waals surface area contributed by atoms with E-state index in [-0.39, 0.29) is 17.7 Å². The second kappa shape index (κ2) is 5.07. The number of amides is 2. The lowest BCUT2D eigenvalue weighted by Crippen LogP contribution is -2.42. The van der Waals surface area contributed by atoms with E-state index in [9.17, 15) is 9.59 Å². The molecule has 2 heterocycles.